The lowest BCUT2D eigenvalue weighted by molar-refractivity contribution is 0.0695. The molecule has 0 atom stereocenters. The number of rotatable bonds is 6. The third-order valence-electron chi connectivity index (χ3n) is 4.21. The zero-order valence-corrected chi connectivity index (χ0v) is 13.0. The summed E-state index contributed by atoms with van der Waals surface area (Å²) in [4.78, 5) is 11.5. The van der Waals surface area contributed by atoms with E-state index in [2.05, 4.69) is 37.5 Å². The monoisotopic (exact) mass is 285 g/mol. The Labute approximate surface area is 126 Å². The highest BCUT2D eigenvalue weighted by Crippen LogP contribution is 2.28. The van der Waals surface area contributed by atoms with Crippen LogP contribution in [0.25, 0.3) is 0 Å². The predicted octanol–water partition coefficient (Wildman–Crippen LogP) is 4.45. The maximum atomic E-state index is 11.5. The number of carbonyl (C=O) groups is 1. The highest BCUT2D eigenvalue weighted by molar-refractivity contribution is 5.89. The van der Waals surface area contributed by atoms with Crippen molar-refractivity contribution in [2.24, 2.45) is 0 Å². The topological polar surface area (TPSA) is 42.2 Å². The van der Waals surface area contributed by atoms with Crippen molar-refractivity contribution in [3.63, 3.8) is 0 Å². The van der Waals surface area contributed by atoms with Crippen LogP contribution in [0, 0.1) is 6.92 Å². The zero-order valence-electron chi connectivity index (χ0n) is 13.0. The highest BCUT2D eigenvalue weighted by Gasteiger charge is 2.21. The Morgan fingerprint density at radius 1 is 1.19 bits per heavy atom. The Morgan fingerprint density at radius 2 is 1.86 bits per heavy atom. The number of carboxylic acid groups (broad SMARTS) is 1. The van der Waals surface area contributed by atoms with Gasteiger partial charge in [-0.15, -0.1) is 0 Å². The molecule has 2 rings (SSSR count). The number of hydrogen-bond acceptors (Lipinski definition) is 1. The van der Waals surface area contributed by atoms with Crippen molar-refractivity contribution in [1.29, 1.82) is 0 Å². The minimum absolute atomic E-state index is 0.287. The van der Waals surface area contributed by atoms with Gasteiger partial charge in [-0.05, 0) is 42.9 Å². The van der Waals surface area contributed by atoms with Gasteiger partial charge in [0.15, 0.2) is 0 Å². The molecule has 0 saturated heterocycles. The van der Waals surface area contributed by atoms with Crippen LogP contribution in [-0.4, -0.2) is 15.6 Å². The van der Waals surface area contributed by atoms with Crippen molar-refractivity contribution >= 4 is 5.97 Å². The van der Waals surface area contributed by atoms with Gasteiger partial charge in [0.1, 0.15) is 0 Å². The van der Waals surface area contributed by atoms with Crippen molar-refractivity contribution < 1.29 is 9.90 Å². The molecule has 1 N–H and O–H groups in total. The van der Waals surface area contributed by atoms with Gasteiger partial charge in [-0.3, -0.25) is 0 Å². The second-order valence-electron chi connectivity index (χ2n) is 5.49. The quantitative estimate of drug-likeness (QED) is 0.852. The molecular formula is C18H23NO2. The Hall–Kier alpha value is -2.03. The summed E-state index contributed by atoms with van der Waals surface area (Å²) in [6.07, 6.45) is 3.81. The summed E-state index contributed by atoms with van der Waals surface area (Å²) in [6.45, 7) is 7.05. The van der Waals surface area contributed by atoms with Gasteiger partial charge in [0.25, 0.3) is 0 Å². The van der Waals surface area contributed by atoms with Gasteiger partial charge < -0.3 is 9.67 Å². The third kappa shape index (κ3) is 3.18. The number of benzene rings is 1. The molecule has 2 aromatic rings. The van der Waals surface area contributed by atoms with Crippen LogP contribution in [-0.2, 0) is 6.54 Å². The van der Waals surface area contributed by atoms with Crippen LogP contribution < -0.4 is 0 Å². The molecule has 0 spiro atoms. The van der Waals surface area contributed by atoms with Crippen molar-refractivity contribution in [2.45, 2.75) is 46.1 Å². The van der Waals surface area contributed by atoms with Gasteiger partial charge in [-0.1, -0.05) is 38.1 Å². The van der Waals surface area contributed by atoms with Crippen LogP contribution in [0.3, 0.4) is 0 Å². The minimum Gasteiger partial charge on any atom is -0.478 e. The van der Waals surface area contributed by atoms with E-state index in [0.29, 0.717) is 5.56 Å². The van der Waals surface area contributed by atoms with Crippen LogP contribution in [0.2, 0.25) is 0 Å². The maximum Gasteiger partial charge on any atom is 0.337 e. The van der Waals surface area contributed by atoms with Crippen LogP contribution >= 0.6 is 0 Å². The predicted molar refractivity (Wildman–Crippen MR) is 85.0 cm³/mol. The van der Waals surface area contributed by atoms with Crippen LogP contribution in [0.5, 0.6) is 0 Å². The summed E-state index contributed by atoms with van der Waals surface area (Å²) < 4.78 is 2.10. The van der Waals surface area contributed by atoms with Gasteiger partial charge >= 0.3 is 5.97 Å². The first-order valence-corrected chi connectivity index (χ1v) is 7.55. The number of carboxylic acids is 1. The second-order valence-corrected chi connectivity index (χ2v) is 5.49. The number of aromatic carboxylic acids is 1. The van der Waals surface area contributed by atoms with Crippen LogP contribution in [0.4, 0.5) is 0 Å². The summed E-state index contributed by atoms with van der Waals surface area (Å²) >= 11 is 0. The lowest BCUT2D eigenvalue weighted by Crippen LogP contribution is -2.12. The minimum atomic E-state index is -0.833. The fraction of sp³-hybridized carbons (Fsp3) is 0.389. The number of hydrogen-bond donors (Lipinski definition) is 1. The zero-order chi connectivity index (χ0) is 15.4. The van der Waals surface area contributed by atoms with E-state index in [4.69, 9.17) is 0 Å². The molecule has 0 aliphatic heterocycles. The Kier molecular flexibility index (Phi) is 4.84. The molecule has 0 fully saturated rings. The van der Waals surface area contributed by atoms with E-state index >= 15 is 0 Å². The first-order chi connectivity index (χ1) is 10.1. The largest absolute Gasteiger partial charge is 0.478 e. The molecule has 1 aromatic heterocycles. The molecule has 0 saturated carbocycles. The number of aromatic nitrogens is 1. The molecule has 3 nitrogen and oxygen atoms in total. The van der Waals surface area contributed by atoms with Crippen molar-refractivity contribution in [1.82, 2.24) is 4.57 Å². The average Bonchev–Trinajstić information content (AvgIpc) is 2.87. The molecule has 0 unspecified atom stereocenters. The summed E-state index contributed by atoms with van der Waals surface area (Å²) in [5.41, 5.74) is 3.86. The molecule has 0 bridgehead atoms. The SMILES string of the molecule is CCC(CC)c1c(C(=O)O)ccn1Cc1ccccc1C. The molecule has 0 radical (unpaired) electrons. The van der Waals surface area contributed by atoms with E-state index in [-0.39, 0.29) is 5.92 Å². The van der Waals surface area contributed by atoms with E-state index in [1.807, 2.05) is 18.3 Å². The van der Waals surface area contributed by atoms with E-state index in [9.17, 15) is 9.90 Å². The summed E-state index contributed by atoms with van der Waals surface area (Å²) in [5.74, 6) is -0.546. The molecule has 1 aromatic carbocycles. The van der Waals surface area contributed by atoms with Gasteiger partial charge in [-0.25, -0.2) is 4.79 Å². The van der Waals surface area contributed by atoms with Crippen LogP contribution in [0.15, 0.2) is 36.5 Å². The van der Waals surface area contributed by atoms with Crippen molar-refractivity contribution in [2.75, 3.05) is 0 Å². The maximum absolute atomic E-state index is 11.5. The van der Waals surface area contributed by atoms with Gasteiger partial charge in [0.05, 0.1) is 5.56 Å². The van der Waals surface area contributed by atoms with E-state index in [1.165, 1.54) is 11.1 Å². The van der Waals surface area contributed by atoms with Crippen molar-refractivity contribution in [3.05, 3.63) is 58.9 Å². The fourth-order valence-corrected chi connectivity index (χ4v) is 2.90. The smallest absolute Gasteiger partial charge is 0.337 e. The first-order valence-electron chi connectivity index (χ1n) is 7.55. The van der Waals surface area contributed by atoms with Gasteiger partial charge in [-0.2, -0.15) is 0 Å². The standard InChI is InChI=1S/C18H23NO2/c1-4-14(5-2)17-16(18(20)21)10-11-19(17)12-15-9-7-6-8-13(15)3/h6-11,14H,4-5,12H2,1-3H3,(H,20,21). The van der Waals surface area contributed by atoms with Gasteiger partial charge in [0.2, 0.25) is 0 Å². The van der Waals surface area contributed by atoms with E-state index in [1.54, 1.807) is 6.07 Å². The van der Waals surface area contributed by atoms with E-state index < -0.39 is 5.97 Å². The summed E-state index contributed by atoms with van der Waals surface area (Å²) in [5, 5.41) is 9.43. The Balaban J connectivity index is 2.44. The molecule has 0 aliphatic carbocycles. The second kappa shape index (κ2) is 6.61. The first kappa shape index (κ1) is 15.4. The Bertz CT molecular complexity index is 624. The third-order valence-corrected chi connectivity index (χ3v) is 4.21. The fourth-order valence-electron chi connectivity index (χ4n) is 2.90. The molecule has 21 heavy (non-hydrogen) atoms. The lowest BCUT2D eigenvalue weighted by atomic mass is 9.96. The summed E-state index contributed by atoms with van der Waals surface area (Å²) in [7, 11) is 0. The highest BCUT2D eigenvalue weighted by atomic mass is 16.4. The van der Waals surface area contributed by atoms with E-state index in [0.717, 1.165) is 25.1 Å². The molecular weight excluding hydrogens is 262 g/mol. The molecule has 1 heterocycles. The summed E-state index contributed by atoms with van der Waals surface area (Å²) in [6, 6.07) is 9.98. The molecule has 0 amide bonds. The average molecular weight is 285 g/mol. The van der Waals surface area contributed by atoms with Gasteiger partial charge in [0, 0.05) is 18.4 Å². The molecule has 112 valence electrons. The lowest BCUT2D eigenvalue weighted by Gasteiger charge is -2.19. The number of nitrogens with zero attached hydrogens (tertiary/aromatic N) is 1. The number of aryl methyl sites for hydroxylation is 1. The van der Waals surface area contributed by atoms with Crippen molar-refractivity contribution in [3.8, 4) is 0 Å². The van der Waals surface area contributed by atoms with Crippen LogP contribution in [0.1, 0.15) is 59.8 Å². The molecule has 3 heteroatoms. The molecule has 0 aliphatic rings. The Morgan fingerprint density at radius 3 is 2.43 bits per heavy atom. The normalized spacial score (nSPS) is 11.0.